The molecular formula is C32H56O11. The molecule has 0 aliphatic carbocycles. The number of carbonyl (C=O) groups is 1. The Morgan fingerprint density at radius 2 is 0.837 bits per heavy atom. The van der Waals surface area contributed by atoms with E-state index in [1.165, 1.54) is 0 Å². The summed E-state index contributed by atoms with van der Waals surface area (Å²) >= 11 is 0. The van der Waals surface area contributed by atoms with Crippen LogP contribution in [0.15, 0.2) is 30.3 Å². The Morgan fingerprint density at radius 3 is 1.23 bits per heavy atom. The van der Waals surface area contributed by atoms with Crippen LogP contribution in [0.3, 0.4) is 0 Å². The van der Waals surface area contributed by atoms with Gasteiger partial charge in [-0.2, -0.15) is 0 Å². The van der Waals surface area contributed by atoms with Crippen molar-refractivity contribution in [2.24, 2.45) is 0 Å². The minimum atomic E-state index is -0.150. The third-order valence-electron chi connectivity index (χ3n) is 5.81. The lowest BCUT2D eigenvalue weighted by atomic mass is 10.2. The lowest BCUT2D eigenvalue weighted by Crippen LogP contribution is -2.15. The molecule has 0 saturated heterocycles. The van der Waals surface area contributed by atoms with Gasteiger partial charge in [0.15, 0.2) is 0 Å². The molecule has 0 aromatic heterocycles. The highest BCUT2D eigenvalue weighted by atomic mass is 16.6. The molecule has 0 heterocycles. The second-order valence-electron chi connectivity index (χ2n) is 9.47. The Labute approximate surface area is 258 Å². The Kier molecular flexibility index (Phi) is 30.4. The molecule has 0 bridgehead atoms. The number of benzene rings is 1. The fourth-order valence-electron chi connectivity index (χ4n) is 3.51. The van der Waals surface area contributed by atoms with Crippen LogP contribution in [0.25, 0.3) is 0 Å². The largest absolute Gasteiger partial charge is 0.463 e. The lowest BCUT2D eigenvalue weighted by molar-refractivity contribution is -0.145. The molecule has 0 spiro atoms. The van der Waals surface area contributed by atoms with Crippen LogP contribution in [-0.2, 0) is 58.8 Å². The maximum atomic E-state index is 11.5. The third kappa shape index (κ3) is 30.2. The lowest BCUT2D eigenvalue weighted by Gasteiger charge is -2.09. The molecule has 1 aromatic rings. The molecule has 0 atom stereocenters. The summed E-state index contributed by atoms with van der Waals surface area (Å²) in [5, 5.41) is 0. The quantitative estimate of drug-likeness (QED) is 0.0832. The fraction of sp³-hybridized carbons (Fsp3) is 0.781. The van der Waals surface area contributed by atoms with E-state index in [1.807, 2.05) is 30.3 Å². The monoisotopic (exact) mass is 616 g/mol. The predicted molar refractivity (Wildman–Crippen MR) is 162 cm³/mol. The zero-order valence-electron chi connectivity index (χ0n) is 26.3. The molecule has 250 valence electrons. The Bertz CT molecular complexity index is 693. The molecule has 11 nitrogen and oxygen atoms in total. The standard InChI is InChI=1S/C32H56O11/c1-2-3-4-8-11-32(33)43-29-28-41-25-24-39-21-20-37-17-16-35-13-12-34-14-15-36-18-19-38-22-23-40-26-27-42-30-31-9-6-5-7-10-31/h5-7,9-10H,2-4,8,11-30H2,1H3. The van der Waals surface area contributed by atoms with Gasteiger partial charge in [0.25, 0.3) is 0 Å². The van der Waals surface area contributed by atoms with Crippen LogP contribution in [0.5, 0.6) is 0 Å². The summed E-state index contributed by atoms with van der Waals surface area (Å²) in [5.74, 6) is -0.150. The molecular weight excluding hydrogens is 560 g/mol. The Hall–Kier alpha value is -1.67. The van der Waals surface area contributed by atoms with Crippen LogP contribution >= 0.6 is 0 Å². The molecule has 1 rings (SSSR count). The molecule has 0 fully saturated rings. The van der Waals surface area contributed by atoms with Gasteiger partial charge in [0, 0.05) is 6.42 Å². The van der Waals surface area contributed by atoms with Gasteiger partial charge in [0.1, 0.15) is 6.61 Å². The third-order valence-corrected chi connectivity index (χ3v) is 5.81. The maximum Gasteiger partial charge on any atom is 0.305 e. The number of hydrogen-bond acceptors (Lipinski definition) is 11. The average molecular weight is 617 g/mol. The van der Waals surface area contributed by atoms with Crippen LogP contribution in [0, 0.1) is 0 Å². The number of hydrogen-bond donors (Lipinski definition) is 0. The van der Waals surface area contributed by atoms with E-state index in [0.29, 0.717) is 125 Å². The first-order chi connectivity index (χ1) is 21.3. The zero-order valence-corrected chi connectivity index (χ0v) is 26.3. The number of ether oxygens (including phenoxy) is 10. The van der Waals surface area contributed by atoms with Gasteiger partial charge in [-0.25, -0.2) is 0 Å². The summed E-state index contributed by atoms with van der Waals surface area (Å²) in [7, 11) is 0. The van der Waals surface area contributed by atoms with Crippen molar-refractivity contribution in [3.8, 4) is 0 Å². The van der Waals surface area contributed by atoms with E-state index in [1.54, 1.807) is 0 Å². The molecule has 1 aromatic carbocycles. The zero-order chi connectivity index (χ0) is 30.7. The van der Waals surface area contributed by atoms with Gasteiger partial charge in [0.05, 0.1) is 119 Å². The van der Waals surface area contributed by atoms with E-state index in [2.05, 4.69) is 6.92 Å². The van der Waals surface area contributed by atoms with Crippen molar-refractivity contribution >= 4 is 5.97 Å². The predicted octanol–water partition coefficient (Wildman–Crippen LogP) is 3.85. The first kappa shape index (κ1) is 39.4. The van der Waals surface area contributed by atoms with Crippen molar-refractivity contribution < 1.29 is 52.2 Å². The minimum Gasteiger partial charge on any atom is -0.463 e. The van der Waals surface area contributed by atoms with Crippen LogP contribution in [-0.4, -0.2) is 125 Å². The molecule has 0 unspecified atom stereocenters. The normalized spacial score (nSPS) is 11.3. The number of carbonyl (C=O) groups excluding carboxylic acids is 1. The van der Waals surface area contributed by atoms with Crippen molar-refractivity contribution in [2.75, 3.05) is 119 Å². The van der Waals surface area contributed by atoms with E-state index in [0.717, 1.165) is 31.2 Å². The molecule has 0 aliphatic rings. The SMILES string of the molecule is CCCCCCC(=O)OCCOCCOCCOCCOCCOCCOCCOCCOCCOCc1ccccc1. The Balaban J connectivity index is 1.64. The van der Waals surface area contributed by atoms with Gasteiger partial charge in [-0.15, -0.1) is 0 Å². The van der Waals surface area contributed by atoms with Gasteiger partial charge in [-0.05, 0) is 12.0 Å². The minimum absolute atomic E-state index is 0.150. The fourth-order valence-corrected chi connectivity index (χ4v) is 3.51. The molecule has 0 saturated carbocycles. The van der Waals surface area contributed by atoms with Crippen molar-refractivity contribution in [3.63, 3.8) is 0 Å². The summed E-state index contributed by atoms with van der Waals surface area (Å²) in [5.41, 5.74) is 1.16. The summed E-state index contributed by atoms with van der Waals surface area (Å²) in [6.07, 6.45) is 4.77. The van der Waals surface area contributed by atoms with Gasteiger partial charge in [-0.3, -0.25) is 4.79 Å². The number of esters is 1. The van der Waals surface area contributed by atoms with E-state index in [4.69, 9.17) is 47.4 Å². The van der Waals surface area contributed by atoms with Crippen molar-refractivity contribution in [1.29, 1.82) is 0 Å². The summed E-state index contributed by atoms with van der Waals surface area (Å²) in [4.78, 5) is 11.5. The van der Waals surface area contributed by atoms with Gasteiger partial charge in [-0.1, -0.05) is 56.5 Å². The van der Waals surface area contributed by atoms with Crippen molar-refractivity contribution in [1.82, 2.24) is 0 Å². The second-order valence-corrected chi connectivity index (χ2v) is 9.47. The highest BCUT2D eigenvalue weighted by Gasteiger charge is 2.02. The molecule has 0 aliphatic heterocycles. The summed E-state index contributed by atoms with van der Waals surface area (Å²) < 4.78 is 54.4. The van der Waals surface area contributed by atoms with Gasteiger partial charge in [0.2, 0.25) is 0 Å². The summed E-state index contributed by atoms with van der Waals surface area (Å²) in [6, 6.07) is 10.1. The molecule has 43 heavy (non-hydrogen) atoms. The van der Waals surface area contributed by atoms with E-state index >= 15 is 0 Å². The van der Waals surface area contributed by atoms with E-state index in [-0.39, 0.29) is 12.6 Å². The van der Waals surface area contributed by atoms with Crippen LogP contribution < -0.4 is 0 Å². The van der Waals surface area contributed by atoms with Crippen LogP contribution in [0.4, 0.5) is 0 Å². The van der Waals surface area contributed by atoms with Crippen LogP contribution in [0.1, 0.15) is 44.6 Å². The van der Waals surface area contributed by atoms with Crippen LogP contribution in [0.2, 0.25) is 0 Å². The maximum absolute atomic E-state index is 11.5. The number of unbranched alkanes of at least 4 members (excludes halogenated alkanes) is 3. The molecule has 11 heteroatoms. The first-order valence-corrected chi connectivity index (χ1v) is 15.7. The van der Waals surface area contributed by atoms with Crippen molar-refractivity contribution in [2.45, 2.75) is 45.6 Å². The van der Waals surface area contributed by atoms with E-state index in [9.17, 15) is 4.79 Å². The number of rotatable bonds is 34. The highest BCUT2D eigenvalue weighted by molar-refractivity contribution is 5.69. The summed E-state index contributed by atoms with van der Waals surface area (Å²) in [6.45, 7) is 11.6. The average Bonchev–Trinajstić information content (AvgIpc) is 3.03. The first-order valence-electron chi connectivity index (χ1n) is 15.7. The molecule has 0 radical (unpaired) electrons. The topological polar surface area (TPSA) is 109 Å². The van der Waals surface area contributed by atoms with Gasteiger partial charge >= 0.3 is 5.97 Å². The highest BCUT2D eigenvalue weighted by Crippen LogP contribution is 2.03. The Morgan fingerprint density at radius 1 is 0.465 bits per heavy atom. The smallest absolute Gasteiger partial charge is 0.305 e. The second kappa shape index (κ2) is 33.2. The molecule has 0 N–H and O–H groups in total. The molecule has 0 amide bonds. The van der Waals surface area contributed by atoms with E-state index < -0.39 is 0 Å². The van der Waals surface area contributed by atoms with Gasteiger partial charge < -0.3 is 47.4 Å². The van der Waals surface area contributed by atoms with Crippen molar-refractivity contribution in [3.05, 3.63) is 35.9 Å².